The largest absolute Gasteiger partial charge is 0.0683 e. The van der Waals surface area contributed by atoms with Gasteiger partial charge in [-0.2, -0.15) is 0 Å². The van der Waals surface area contributed by atoms with Crippen molar-refractivity contribution in [3.8, 4) is 0 Å². The van der Waals surface area contributed by atoms with Crippen LogP contribution in [0.5, 0.6) is 0 Å². The summed E-state index contributed by atoms with van der Waals surface area (Å²) in [5, 5.41) is 5.83. The van der Waals surface area contributed by atoms with Crippen molar-refractivity contribution in [2.24, 2.45) is 0 Å². The van der Waals surface area contributed by atoms with E-state index in [9.17, 15) is 0 Å². The molecular weight excluding hydrogens is 410 g/mol. The molecule has 4 aromatic rings. The highest BCUT2D eigenvalue weighted by Gasteiger charge is 2.21. The fraction of sp³-hybridized carbons (Fsp3) is 0.172. The molecule has 0 saturated heterocycles. The van der Waals surface area contributed by atoms with Crippen LogP contribution < -0.4 is 21.2 Å². The molecule has 0 aromatic heterocycles. The van der Waals surface area contributed by atoms with Crippen molar-refractivity contribution in [1.82, 2.24) is 0 Å². The number of hydrogen-bond donors (Lipinski definition) is 0. The predicted octanol–water partition coefficient (Wildman–Crippen LogP) is 7.26. The molecule has 0 aliphatic carbocycles. The minimum absolute atomic E-state index is 0.409. The maximum absolute atomic E-state index is 2.29. The number of hydrogen-bond acceptors (Lipinski definition) is 0. The van der Waals surface area contributed by atoms with Gasteiger partial charge in [0.25, 0.3) is 0 Å². The van der Waals surface area contributed by atoms with Crippen LogP contribution in [-0.2, 0) is 0 Å². The standard InChI is InChI=1S/C25H22P2.2C2H6/c1-5-13-22(14-6-1)26(23-15-7-2-8-16-23)21-27(24-17-9-3-10-18-24)25-19-11-4-12-20-25;2*1-2/h1-20H,21H2;2*1-2H3. The van der Waals surface area contributed by atoms with Gasteiger partial charge in [0.15, 0.2) is 0 Å². The minimum atomic E-state index is -0.409. The summed E-state index contributed by atoms with van der Waals surface area (Å²) in [7, 11) is -0.817. The van der Waals surface area contributed by atoms with Crippen molar-refractivity contribution in [3.05, 3.63) is 121 Å². The highest BCUT2D eigenvalue weighted by molar-refractivity contribution is 7.88. The Bertz CT molecular complexity index is 779. The van der Waals surface area contributed by atoms with Gasteiger partial charge in [-0.25, -0.2) is 0 Å². The van der Waals surface area contributed by atoms with Gasteiger partial charge in [0.05, 0.1) is 0 Å². The first-order valence-corrected chi connectivity index (χ1v) is 14.2. The van der Waals surface area contributed by atoms with Crippen molar-refractivity contribution < 1.29 is 0 Å². The van der Waals surface area contributed by atoms with E-state index in [1.807, 2.05) is 27.7 Å². The molecule has 0 atom stereocenters. The maximum atomic E-state index is 2.29. The van der Waals surface area contributed by atoms with Gasteiger partial charge in [-0.15, -0.1) is 0 Å². The molecule has 4 aromatic carbocycles. The zero-order valence-corrected chi connectivity index (χ0v) is 20.9. The smallest absolute Gasteiger partial charge is 0.00405 e. The second kappa shape index (κ2) is 14.7. The first-order valence-electron chi connectivity index (χ1n) is 11.2. The van der Waals surface area contributed by atoms with E-state index in [1.54, 1.807) is 0 Å². The van der Waals surface area contributed by atoms with Crippen molar-refractivity contribution >= 4 is 37.1 Å². The molecule has 0 aliphatic rings. The third kappa shape index (κ3) is 7.43. The Labute approximate surface area is 191 Å². The molecule has 0 fully saturated rings. The average Bonchev–Trinajstić information content (AvgIpc) is 2.89. The van der Waals surface area contributed by atoms with E-state index in [1.165, 1.54) is 27.1 Å². The van der Waals surface area contributed by atoms with Gasteiger partial charge in [0, 0.05) is 5.90 Å². The quantitative estimate of drug-likeness (QED) is 0.275. The van der Waals surface area contributed by atoms with Crippen LogP contribution in [0, 0.1) is 0 Å². The zero-order chi connectivity index (χ0) is 22.3. The first-order chi connectivity index (χ1) is 15.4. The third-order valence-corrected chi connectivity index (χ3v) is 10.5. The molecule has 31 heavy (non-hydrogen) atoms. The van der Waals surface area contributed by atoms with E-state index >= 15 is 0 Å². The highest BCUT2D eigenvalue weighted by atomic mass is 31.2. The lowest BCUT2D eigenvalue weighted by Crippen LogP contribution is -2.19. The SMILES string of the molecule is CC.CC.c1ccc(P(CP(c2ccccc2)c2ccccc2)c2ccccc2)cc1. The molecule has 0 N–H and O–H groups in total. The van der Waals surface area contributed by atoms with E-state index < -0.39 is 15.8 Å². The molecule has 0 unspecified atom stereocenters. The summed E-state index contributed by atoms with van der Waals surface area (Å²) in [5.41, 5.74) is 0. The second-order valence-electron chi connectivity index (χ2n) is 6.34. The summed E-state index contributed by atoms with van der Waals surface area (Å²) >= 11 is 0. The average molecular weight is 445 g/mol. The van der Waals surface area contributed by atoms with Crippen molar-refractivity contribution in [1.29, 1.82) is 0 Å². The summed E-state index contributed by atoms with van der Waals surface area (Å²) in [6.45, 7) is 8.00. The van der Waals surface area contributed by atoms with E-state index in [0.717, 1.165) is 0 Å². The number of rotatable bonds is 6. The predicted molar refractivity (Wildman–Crippen MR) is 146 cm³/mol. The molecule has 0 amide bonds. The minimum Gasteiger partial charge on any atom is -0.0683 e. The van der Waals surface area contributed by atoms with Crippen LogP contribution >= 0.6 is 15.8 Å². The van der Waals surface area contributed by atoms with Crippen LogP contribution in [0.15, 0.2) is 121 Å². The fourth-order valence-electron chi connectivity index (χ4n) is 3.20. The molecule has 4 rings (SSSR count). The van der Waals surface area contributed by atoms with Crippen LogP contribution in [0.2, 0.25) is 0 Å². The Kier molecular flexibility index (Phi) is 11.9. The molecule has 0 nitrogen and oxygen atoms in total. The van der Waals surface area contributed by atoms with E-state index in [2.05, 4.69) is 121 Å². The zero-order valence-electron chi connectivity index (χ0n) is 19.1. The Morgan fingerprint density at radius 3 is 0.742 bits per heavy atom. The lowest BCUT2D eigenvalue weighted by molar-refractivity contribution is 1.50. The van der Waals surface area contributed by atoms with Crippen molar-refractivity contribution in [2.45, 2.75) is 27.7 Å². The fourth-order valence-corrected chi connectivity index (χ4v) is 9.67. The van der Waals surface area contributed by atoms with Crippen LogP contribution in [0.1, 0.15) is 27.7 Å². The van der Waals surface area contributed by atoms with Crippen LogP contribution in [-0.4, -0.2) is 5.90 Å². The molecule has 0 spiro atoms. The molecule has 0 radical (unpaired) electrons. The molecular formula is C29H34P2. The summed E-state index contributed by atoms with van der Waals surface area (Å²) in [6, 6.07) is 44.1. The summed E-state index contributed by atoms with van der Waals surface area (Å²) < 4.78 is 0. The summed E-state index contributed by atoms with van der Waals surface area (Å²) in [6.07, 6.45) is 0. The van der Waals surface area contributed by atoms with Gasteiger partial charge >= 0.3 is 0 Å². The molecule has 0 heterocycles. The molecule has 160 valence electrons. The van der Waals surface area contributed by atoms with Crippen molar-refractivity contribution in [2.75, 3.05) is 5.90 Å². The Balaban J connectivity index is 0.000000807. The summed E-state index contributed by atoms with van der Waals surface area (Å²) in [5.74, 6) is 1.17. The van der Waals surface area contributed by atoms with E-state index in [-0.39, 0.29) is 0 Å². The third-order valence-electron chi connectivity index (χ3n) is 4.55. The van der Waals surface area contributed by atoms with Gasteiger partial charge in [-0.1, -0.05) is 149 Å². The Hall–Kier alpha value is -2.26. The maximum Gasteiger partial charge on any atom is 0.00405 e. The van der Waals surface area contributed by atoms with E-state index in [4.69, 9.17) is 0 Å². The lowest BCUT2D eigenvalue weighted by Gasteiger charge is -2.26. The van der Waals surface area contributed by atoms with Crippen LogP contribution in [0.25, 0.3) is 0 Å². The monoisotopic (exact) mass is 444 g/mol. The molecule has 0 aliphatic heterocycles. The highest BCUT2D eigenvalue weighted by Crippen LogP contribution is 2.48. The van der Waals surface area contributed by atoms with Crippen molar-refractivity contribution in [3.63, 3.8) is 0 Å². The van der Waals surface area contributed by atoms with Gasteiger partial charge in [0.2, 0.25) is 0 Å². The van der Waals surface area contributed by atoms with Gasteiger partial charge in [-0.3, -0.25) is 0 Å². The topological polar surface area (TPSA) is 0 Å². The Morgan fingerprint density at radius 2 is 0.548 bits per heavy atom. The number of benzene rings is 4. The second-order valence-corrected chi connectivity index (χ2v) is 11.2. The normalized spacial score (nSPS) is 10.0. The summed E-state index contributed by atoms with van der Waals surface area (Å²) in [4.78, 5) is 0. The molecule has 0 bridgehead atoms. The lowest BCUT2D eigenvalue weighted by atomic mass is 10.4. The molecule has 0 saturated carbocycles. The van der Waals surface area contributed by atoms with Crippen LogP contribution in [0.4, 0.5) is 0 Å². The molecule has 2 heteroatoms. The van der Waals surface area contributed by atoms with E-state index in [0.29, 0.717) is 0 Å². The Morgan fingerprint density at radius 1 is 0.355 bits per heavy atom. The van der Waals surface area contributed by atoms with Crippen LogP contribution in [0.3, 0.4) is 0 Å². The van der Waals surface area contributed by atoms with Gasteiger partial charge in [-0.05, 0) is 37.1 Å². The van der Waals surface area contributed by atoms with Gasteiger partial charge < -0.3 is 0 Å². The van der Waals surface area contributed by atoms with Gasteiger partial charge in [0.1, 0.15) is 0 Å². The first kappa shape index (κ1) is 25.0.